The molecule has 188 valence electrons. The molecule has 1 saturated heterocycles. The van der Waals surface area contributed by atoms with Gasteiger partial charge in [0.05, 0.1) is 17.4 Å². The highest BCUT2D eigenvalue weighted by Gasteiger charge is 2.47. The number of amides is 3. The van der Waals surface area contributed by atoms with Crippen LogP contribution in [0.25, 0.3) is 0 Å². The first-order chi connectivity index (χ1) is 17.2. The normalized spacial score (nSPS) is 18.0. The Kier molecular flexibility index (Phi) is 7.00. The molecule has 11 nitrogen and oxygen atoms in total. The Morgan fingerprint density at radius 2 is 1.78 bits per heavy atom. The maximum atomic E-state index is 13.6. The van der Waals surface area contributed by atoms with Crippen molar-refractivity contribution in [3.8, 4) is 0 Å². The Labute approximate surface area is 206 Å². The fourth-order valence-corrected chi connectivity index (χ4v) is 4.39. The van der Waals surface area contributed by atoms with Gasteiger partial charge in [-0.1, -0.05) is 29.8 Å². The molecule has 2 aromatic carbocycles. The molecule has 3 amide bonds. The van der Waals surface area contributed by atoms with E-state index in [2.05, 4.69) is 5.32 Å². The average molecular weight is 495 g/mol. The number of nitrogens with one attached hydrogen (secondary N) is 1. The molecular weight excluding hydrogens is 468 g/mol. The number of nitrogens with zero attached hydrogens (tertiary/aromatic N) is 3. The first-order valence-electron chi connectivity index (χ1n) is 11.6. The van der Waals surface area contributed by atoms with E-state index in [1.807, 2.05) is 13.0 Å². The van der Waals surface area contributed by atoms with Crippen molar-refractivity contribution in [3.63, 3.8) is 0 Å². The van der Waals surface area contributed by atoms with Crippen molar-refractivity contribution in [1.29, 1.82) is 0 Å². The summed E-state index contributed by atoms with van der Waals surface area (Å²) in [4.78, 5) is 64.7. The Morgan fingerprint density at radius 3 is 2.42 bits per heavy atom. The second-order valence-corrected chi connectivity index (χ2v) is 9.06. The second kappa shape index (κ2) is 10.1. The lowest BCUT2D eigenvalue weighted by Crippen LogP contribution is -2.54. The van der Waals surface area contributed by atoms with Gasteiger partial charge in [0.15, 0.2) is 6.17 Å². The van der Waals surface area contributed by atoms with E-state index < -0.39 is 41.3 Å². The molecule has 0 bridgehead atoms. The third-order valence-corrected chi connectivity index (χ3v) is 6.32. The van der Waals surface area contributed by atoms with E-state index in [0.29, 0.717) is 18.4 Å². The topological polar surface area (TPSA) is 150 Å². The summed E-state index contributed by atoms with van der Waals surface area (Å²) in [5, 5.41) is 23.3. The zero-order valence-electron chi connectivity index (χ0n) is 19.6. The summed E-state index contributed by atoms with van der Waals surface area (Å²) in [6.45, 7) is 2.15. The number of aryl methyl sites for hydroxylation is 1. The molecule has 11 heteroatoms. The van der Waals surface area contributed by atoms with Crippen LogP contribution in [0.3, 0.4) is 0 Å². The van der Waals surface area contributed by atoms with Gasteiger partial charge in [-0.25, -0.2) is 0 Å². The average Bonchev–Trinajstić information content (AvgIpc) is 3.60. The van der Waals surface area contributed by atoms with Crippen molar-refractivity contribution in [2.24, 2.45) is 5.92 Å². The summed E-state index contributed by atoms with van der Waals surface area (Å²) in [5.74, 6) is -2.78. The molecule has 36 heavy (non-hydrogen) atoms. The Balaban J connectivity index is 1.64. The standard InChI is InChI=1S/C25H26N4O7/c1-15-4-2-6-18(12-15)25(34)28-11-10-27(24(33)16-8-9-16)23(28)22(32)26-20(14-21(30)31)17-5-3-7-19(13-17)29(35)36/h2-7,12-13,16,20,23H,8-11,14H2,1H3,(H,26,32)(H,30,31). The molecule has 2 fully saturated rings. The monoisotopic (exact) mass is 494 g/mol. The molecule has 2 aromatic rings. The van der Waals surface area contributed by atoms with Crippen LogP contribution in [0, 0.1) is 23.0 Å². The minimum Gasteiger partial charge on any atom is -0.481 e. The molecule has 2 N–H and O–H groups in total. The first-order valence-corrected chi connectivity index (χ1v) is 11.6. The van der Waals surface area contributed by atoms with Gasteiger partial charge < -0.3 is 20.2 Å². The fraction of sp³-hybridized carbons (Fsp3) is 0.360. The quantitative estimate of drug-likeness (QED) is 0.422. The predicted molar refractivity (Wildman–Crippen MR) is 127 cm³/mol. The van der Waals surface area contributed by atoms with Crippen molar-refractivity contribution in [3.05, 3.63) is 75.3 Å². The summed E-state index contributed by atoms with van der Waals surface area (Å²) in [5.41, 5.74) is 1.21. The molecular formula is C25H26N4O7. The lowest BCUT2D eigenvalue weighted by atomic mass is 10.0. The van der Waals surface area contributed by atoms with E-state index in [9.17, 15) is 34.4 Å². The van der Waals surface area contributed by atoms with E-state index in [-0.39, 0.29) is 36.2 Å². The zero-order valence-corrected chi connectivity index (χ0v) is 19.6. The highest BCUT2D eigenvalue weighted by Crippen LogP contribution is 2.34. The maximum Gasteiger partial charge on any atom is 0.305 e. The number of carbonyl (C=O) groups excluding carboxylic acids is 3. The van der Waals surface area contributed by atoms with Crippen molar-refractivity contribution < 1.29 is 29.2 Å². The highest BCUT2D eigenvalue weighted by molar-refractivity contribution is 5.99. The van der Waals surface area contributed by atoms with E-state index in [1.165, 1.54) is 34.1 Å². The molecule has 1 aliphatic heterocycles. The molecule has 2 aliphatic rings. The van der Waals surface area contributed by atoms with Gasteiger partial charge in [-0.05, 0) is 37.5 Å². The molecule has 4 rings (SSSR count). The third-order valence-electron chi connectivity index (χ3n) is 6.32. The van der Waals surface area contributed by atoms with Crippen molar-refractivity contribution in [2.45, 2.75) is 38.4 Å². The molecule has 1 heterocycles. The van der Waals surface area contributed by atoms with Crippen LogP contribution < -0.4 is 5.32 Å². The maximum absolute atomic E-state index is 13.6. The van der Waals surface area contributed by atoms with Crippen molar-refractivity contribution in [2.75, 3.05) is 13.1 Å². The van der Waals surface area contributed by atoms with Crippen LogP contribution in [0.4, 0.5) is 5.69 Å². The number of nitro groups is 1. The summed E-state index contributed by atoms with van der Waals surface area (Å²) in [6.07, 6.45) is -0.376. The van der Waals surface area contributed by atoms with Gasteiger partial charge in [-0.3, -0.25) is 29.3 Å². The predicted octanol–water partition coefficient (Wildman–Crippen LogP) is 2.26. The summed E-state index contributed by atoms with van der Waals surface area (Å²) in [6, 6.07) is 11.1. The number of rotatable bonds is 8. The fourth-order valence-electron chi connectivity index (χ4n) is 4.39. The van der Waals surface area contributed by atoms with Crippen LogP contribution in [0.2, 0.25) is 0 Å². The third kappa shape index (κ3) is 5.35. The van der Waals surface area contributed by atoms with Gasteiger partial charge in [-0.15, -0.1) is 0 Å². The Bertz CT molecular complexity index is 1230. The number of carboxylic acids is 1. The molecule has 2 unspecified atom stereocenters. The zero-order chi connectivity index (χ0) is 26.0. The Morgan fingerprint density at radius 1 is 1.08 bits per heavy atom. The van der Waals surface area contributed by atoms with Crippen LogP contribution in [0.15, 0.2) is 48.5 Å². The number of carbonyl (C=O) groups is 4. The number of benzene rings is 2. The van der Waals surface area contributed by atoms with Crippen LogP contribution in [-0.4, -0.2) is 62.8 Å². The number of nitro benzene ring substituents is 1. The number of hydrogen-bond acceptors (Lipinski definition) is 6. The van der Waals surface area contributed by atoms with Crippen molar-refractivity contribution >= 4 is 29.4 Å². The van der Waals surface area contributed by atoms with Crippen LogP contribution >= 0.6 is 0 Å². The van der Waals surface area contributed by atoms with E-state index in [1.54, 1.807) is 18.2 Å². The van der Waals surface area contributed by atoms with Gasteiger partial charge in [0.1, 0.15) is 0 Å². The van der Waals surface area contributed by atoms with Crippen molar-refractivity contribution in [1.82, 2.24) is 15.1 Å². The van der Waals surface area contributed by atoms with Gasteiger partial charge in [0.25, 0.3) is 17.5 Å². The van der Waals surface area contributed by atoms with Gasteiger partial charge >= 0.3 is 5.97 Å². The smallest absolute Gasteiger partial charge is 0.305 e. The van der Waals surface area contributed by atoms with E-state index >= 15 is 0 Å². The van der Waals surface area contributed by atoms with Gasteiger partial charge in [0.2, 0.25) is 5.91 Å². The summed E-state index contributed by atoms with van der Waals surface area (Å²) in [7, 11) is 0. The molecule has 1 saturated carbocycles. The molecule has 2 atom stereocenters. The van der Waals surface area contributed by atoms with Gasteiger partial charge in [-0.2, -0.15) is 0 Å². The lowest BCUT2D eigenvalue weighted by Gasteiger charge is -2.31. The number of aliphatic carboxylic acids is 1. The number of carboxylic acid groups (broad SMARTS) is 1. The van der Waals surface area contributed by atoms with Crippen LogP contribution in [0.5, 0.6) is 0 Å². The minimum atomic E-state index is -1.26. The van der Waals surface area contributed by atoms with Gasteiger partial charge in [0, 0.05) is 36.7 Å². The van der Waals surface area contributed by atoms with E-state index in [0.717, 1.165) is 5.56 Å². The molecule has 1 aliphatic carbocycles. The minimum absolute atomic E-state index is 0.143. The van der Waals surface area contributed by atoms with E-state index in [4.69, 9.17) is 0 Å². The lowest BCUT2D eigenvalue weighted by molar-refractivity contribution is -0.384. The number of hydrogen-bond donors (Lipinski definition) is 2. The number of non-ortho nitro benzene ring substituents is 1. The summed E-state index contributed by atoms with van der Waals surface area (Å²) >= 11 is 0. The molecule has 0 spiro atoms. The largest absolute Gasteiger partial charge is 0.481 e. The highest BCUT2D eigenvalue weighted by atomic mass is 16.6. The Hall–Kier alpha value is -4.28. The van der Waals surface area contributed by atoms with Crippen LogP contribution in [-0.2, 0) is 14.4 Å². The molecule has 0 radical (unpaired) electrons. The first kappa shape index (κ1) is 24.8. The summed E-state index contributed by atoms with van der Waals surface area (Å²) < 4.78 is 0. The molecule has 0 aromatic heterocycles. The van der Waals surface area contributed by atoms with Crippen LogP contribution in [0.1, 0.15) is 46.8 Å². The second-order valence-electron chi connectivity index (χ2n) is 9.06. The SMILES string of the molecule is Cc1cccc(C(=O)N2CCN(C(=O)C3CC3)C2C(=O)NC(CC(=O)O)c2cccc([N+](=O)[O-])c2)c1.